The summed E-state index contributed by atoms with van der Waals surface area (Å²) >= 11 is 0. The van der Waals surface area contributed by atoms with E-state index in [1.807, 2.05) is 19.9 Å². The zero-order valence-electron chi connectivity index (χ0n) is 8.81. The molecule has 0 bridgehead atoms. The largest absolute Gasteiger partial charge is 0.383 e. The highest BCUT2D eigenvalue weighted by Crippen LogP contribution is 2.08. The average Bonchev–Trinajstić information content (AvgIpc) is 2.45. The van der Waals surface area contributed by atoms with Crippen LogP contribution >= 0.6 is 0 Å². The number of nitrogens with one attached hydrogen (secondary N) is 2. The van der Waals surface area contributed by atoms with Gasteiger partial charge in [-0.25, -0.2) is 0 Å². The van der Waals surface area contributed by atoms with Crippen LogP contribution in [0.1, 0.15) is 21.7 Å². The molecule has 0 aliphatic carbocycles. The molecule has 78 valence electrons. The van der Waals surface area contributed by atoms with Gasteiger partial charge in [0.05, 0.1) is 12.2 Å². The Balaban J connectivity index is 2.56. The molecule has 0 atom stereocenters. The Morgan fingerprint density at radius 1 is 1.57 bits per heavy atom. The zero-order chi connectivity index (χ0) is 10.6. The van der Waals surface area contributed by atoms with E-state index in [1.165, 1.54) is 0 Å². The Kier molecular flexibility index (Phi) is 3.71. The number of hydrogen-bond acceptors (Lipinski definition) is 2. The number of aromatic nitrogens is 1. The van der Waals surface area contributed by atoms with Gasteiger partial charge in [-0.1, -0.05) is 0 Å². The summed E-state index contributed by atoms with van der Waals surface area (Å²) in [4.78, 5) is 14.7. The highest BCUT2D eigenvalue weighted by atomic mass is 16.5. The van der Waals surface area contributed by atoms with Crippen molar-refractivity contribution in [2.75, 3.05) is 20.3 Å². The van der Waals surface area contributed by atoms with E-state index in [2.05, 4.69) is 10.3 Å². The summed E-state index contributed by atoms with van der Waals surface area (Å²) in [6.07, 6.45) is 0. The molecular weight excluding hydrogens is 180 g/mol. The first-order valence-electron chi connectivity index (χ1n) is 4.58. The molecule has 0 saturated carbocycles. The molecule has 0 aliphatic rings. The van der Waals surface area contributed by atoms with Crippen molar-refractivity contribution in [2.45, 2.75) is 13.8 Å². The summed E-state index contributed by atoms with van der Waals surface area (Å²) in [6, 6.07) is 1.84. The van der Waals surface area contributed by atoms with E-state index in [0.29, 0.717) is 18.7 Å². The molecule has 1 amide bonds. The first kappa shape index (κ1) is 10.8. The summed E-state index contributed by atoms with van der Waals surface area (Å²) in [5, 5.41) is 2.77. The molecule has 4 nitrogen and oxygen atoms in total. The SMILES string of the molecule is COCCNC(=O)c1cc(C)[nH]c1C. The number of H-pyrrole nitrogens is 1. The monoisotopic (exact) mass is 196 g/mol. The molecule has 1 rings (SSSR count). The van der Waals surface area contributed by atoms with Crippen LogP contribution in [-0.2, 0) is 4.74 Å². The van der Waals surface area contributed by atoms with Crippen LogP contribution in [-0.4, -0.2) is 31.2 Å². The number of hydrogen-bond donors (Lipinski definition) is 2. The number of carbonyl (C=O) groups is 1. The number of carbonyl (C=O) groups excluding carboxylic acids is 1. The van der Waals surface area contributed by atoms with Gasteiger partial charge in [0.1, 0.15) is 0 Å². The first-order chi connectivity index (χ1) is 6.65. The fourth-order valence-electron chi connectivity index (χ4n) is 1.32. The predicted molar refractivity (Wildman–Crippen MR) is 54.5 cm³/mol. The van der Waals surface area contributed by atoms with Crippen LogP contribution in [0.2, 0.25) is 0 Å². The fraction of sp³-hybridized carbons (Fsp3) is 0.500. The Morgan fingerprint density at radius 2 is 2.29 bits per heavy atom. The van der Waals surface area contributed by atoms with Crippen molar-refractivity contribution >= 4 is 5.91 Å². The van der Waals surface area contributed by atoms with Crippen molar-refractivity contribution in [3.05, 3.63) is 23.0 Å². The highest BCUT2D eigenvalue weighted by Gasteiger charge is 2.09. The molecular formula is C10H16N2O2. The molecule has 2 N–H and O–H groups in total. The van der Waals surface area contributed by atoms with E-state index in [0.717, 1.165) is 11.4 Å². The lowest BCUT2D eigenvalue weighted by atomic mass is 10.2. The molecule has 4 heteroatoms. The van der Waals surface area contributed by atoms with Gasteiger partial charge in [0.2, 0.25) is 0 Å². The second kappa shape index (κ2) is 4.81. The van der Waals surface area contributed by atoms with Crippen molar-refractivity contribution in [3.63, 3.8) is 0 Å². The fourth-order valence-corrected chi connectivity index (χ4v) is 1.32. The van der Waals surface area contributed by atoms with Crippen molar-refractivity contribution in [1.82, 2.24) is 10.3 Å². The van der Waals surface area contributed by atoms with Crippen LogP contribution in [0.5, 0.6) is 0 Å². The van der Waals surface area contributed by atoms with E-state index in [9.17, 15) is 4.79 Å². The van der Waals surface area contributed by atoms with Gasteiger partial charge >= 0.3 is 0 Å². The first-order valence-corrected chi connectivity index (χ1v) is 4.58. The summed E-state index contributed by atoms with van der Waals surface area (Å²) < 4.78 is 4.84. The van der Waals surface area contributed by atoms with Gasteiger partial charge in [-0.05, 0) is 19.9 Å². The van der Waals surface area contributed by atoms with Gasteiger partial charge < -0.3 is 15.0 Å². The quantitative estimate of drug-likeness (QED) is 0.706. The average molecular weight is 196 g/mol. The maximum atomic E-state index is 11.6. The van der Waals surface area contributed by atoms with E-state index in [1.54, 1.807) is 7.11 Å². The minimum atomic E-state index is -0.0519. The molecule has 0 spiro atoms. The van der Waals surface area contributed by atoms with E-state index < -0.39 is 0 Å². The number of aryl methyl sites for hydroxylation is 2. The molecule has 0 aromatic carbocycles. The topological polar surface area (TPSA) is 54.1 Å². The molecule has 1 aromatic rings. The van der Waals surface area contributed by atoms with Gasteiger partial charge in [0.15, 0.2) is 0 Å². The van der Waals surface area contributed by atoms with Crippen molar-refractivity contribution < 1.29 is 9.53 Å². The Hall–Kier alpha value is -1.29. The number of ether oxygens (including phenoxy) is 1. The van der Waals surface area contributed by atoms with E-state index in [4.69, 9.17) is 4.74 Å². The van der Waals surface area contributed by atoms with Crippen molar-refractivity contribution in [2.24, 2.45) is 0 Å². The maximum Gasteiger partial charge on any atom is 0.253 e. The van der Waals surface area contributed by atoms with Crippen molar-refractivity contribution in [1.29, 1.82) is 0 Å². The smallest absolute Gasteiger partial charge is 0.253 e. The van der Waals surface area contributed by atoms with Gasteiger partial charge in [0, 0.05) is 25.0 Å². The number of aromatic amines is 1. The minimum Gasteiger partial charge on any atom is -0.383 e. The molecule has 0 fully saturated rings. The summed E-state index contributed by atoms with van der Waals surface area (Å²) in [7, 11) is 1.61. The summed E-state index contributed by atoms with van der Waals surface area (Å²) in [5.74, 6) is -0.0519. The van der Waals surface area contributed by atoms with Gasteiger partial charge in [-0.15, -0.1) is 0 Å². The third kappa shape index (κ3) is 2.60. The zero-order valence-corrected chi connectivity index (χ0v) is 8.81. The van der Waals surface area contributed by atoms with Gasteiger partial charge in [0.25, 0.3) is 5.91 Å². The van der Waals surface area contributed by atoms with Crippen LogP contribution in [0, 0.1) is 13.8 Å². The molecule has 0 saturated heterocycles. The normalized spacial score (nSPS) is 10.2. The van der Waals surface area contributed by atoms with Gasteiger partial charge in [-0.3, -0.25) is 4.79 Å². The lowest BCUT2D eigenvalue weighted by molar-refractivity contribution is 0.0936. The van der Waals surface area contributed by atoms with E-state index in [-0.39, 0.29) is 5.91 Å². The van der Waals surface area contributed by atoms with Crippen LogP contribution in [0.25, 0.3) is 0 Å². The number of methoxy groups -OCH3 is 1. The molecule has 0 radical (unpaired) electrons. The summed E-state index contributed by atoms with van der Waals surface area (Å²) in [5.41, 5.74) is 2.61. The standard InChI is InChI=1S/C10H16N2O2/c1-7-6-9(8(2)12-7)10(13)11-4-5-14-3/h6,12H,4-5H2,1-3H3,(H,11,13). The van der Waals surface area contributed by atoms with Crippen LogP contribution in [0.4, 0.5) is 0 Å². The molecule has 1 heterocycles. The summed E-state index contributed by atoms with van der Waals surface area (Å²) in [6.45, 7) is 4.89. The van der Waals surface area contributed by atoms with Crippen LogP contribution in [0.15, 0.2) is 6.07 Å². The molecule has 0 unspecified atom stereocenters. The van der Waals surface area contributed by atoms with Crippen LogP contribution in [0.3, 0.4) is 0 Å². The van der Waals surface area contributed by atoms with E-state index >= 15 is 0 Å². The lowest BCUT2D eigenvalue weighted by Gasteiger charge is -2.03. The van der Waals surface area contributed by atoms with Gasteiger partial charge in [-0.2, -0.15) is 0 Å². The Labute approximate surface area is 83.7 Å². The highest BCUT2D eigenvalue weighted by molar-refractivity contribution is 5.95. The molecule has 1 aromatic heterocycles. The maximum absolute atomic E-state index is 11.6. The second-order valence-electron chi connectivity index (χ2n) is 3.24. The number of rotatable bonds is 4. The lowest BCUT2D eigenvalue weighted by Crippen LogP contribution is -2.27. The predicted octanol–water partition coefficient (Wildman–Crippen LogP) is 1.01. The Bertz CT molecular complexity index is 318. The van der Waals surface area contributed by atoms with Crippen molar-refractivity contribution in [3.8, 4) is 0 Å². The van der Waals surface area contributed by atoms with Crippen LogP contribution < -0.4 is 5.32 Å². The third-order valence-corrected chi connectivity index (χ3v) is 1.99. The second-order valence-corrected chi connectivity index (χ2v) is 3.24. The minimum absolute atomic E-state index is 0.0519. The number of amides is 1. The third-order valence-electron chi connectivity index (χ3n) is 1.99. The Morgan fingerprint density at radius 3 is 2.79 bits per heavy atom. The molecule has 0 aliphatic heterocycles. The molecule has 14 heavy (non-hydrogen) atoms.